The van der Waals surface area contributed by atoms with Crippen LogP contribution in [-0.4, -0.2) is 43.5 Å². The van der Waals surface area contributed by atoms with Crippen LogP contribution in [0.15, 0.2) is 24.3 Å². The summed E-state index contributed by atoms with van der Waals surface area (Å²) in [5.74, 6) is -1.55. The van der Waals surface area contributed by atoms with Crippen LogP contribution in [0.4, 0.5) is 8.78 Å². The van der Waals surface area contributed by atoms with Gasteiger partial charge in [0.05, 0.1) is 6.61 Å². The Kier molecular flexibility index (Phi) is 4.63. The molecular weight excluding hydrogens is 324 g/mol. The molecule has 0 spiro atoms. The van der Waals surface area contributed by atoms with E-state index in [4.69, 9.17) is 14.0 Å². The molecule has 1 aliphatic heterocycles. The quantitative estimate of drug-likeness (QED) is 0.556. The summed E-state index contributed by atoms with van der Waals surface area (Å²) < 4.78 is 65.4. The van der Waals surface area contributed by atoms with E-state index in [-0.39, 0.29) is 12.6 Å². The summed E-state index contributed by atoms with van der Waals surface area (Å²) in [5, 5.41) is -3.15. The molecule has 0 radical (unpaired) electrons. The van der Waals surface area contributed by atoms with Gasteiger partial charge in [-0.1, -0.05) is 12.1 Å². The van der Waals surface area contributed by atoms with E-state index in [1.165, 1.54) is 12.1 Å². The summed E-state index contributed by atoms with van der Waals surface area (Å²) in [6.45, 7) is 0.749. The standard InChI is InChI=1S/C12H13F2NO6S/c13-12(14,22(17,18)19)11(16)15-5-8-1-3-9(4-2-8)20-6-10-7-21-10/h1-4,10H,5-7H2,(H,15,16)(H,17,18,19). The lowest BCUT2D eigenvalue weighted by Gasteiger charge is -2.13. The van der Waals surface area contributed by atoms with Crippen LogP contribution in [0.2, 0.25) is 0 Å². The van der Waals surface area contributed by atoms with Gasteiger partial charge < -0.3 is 14.8 Å². The molecule has 7 nitrogen and oxygen atoms in total. The monoisotopic (exact) mass is 337 g/mol. The first-order chi connectivity index (χ1) is 10.2. The van der Waals surface area contributed by atoms with Crippen LogP contribution in [0.5, 0.6) is 5.75 Å². The van der Waals surface area contributed by atoms with Crippen LogP contribution < -0.4 is 10.1 Å². The van der Waals surface area contributed by atoms with E-state index in [1.807, 2.05) is 0 Å². The lowest BCUT2D eigenvalue weighted by molar-refractivity contribution is -0.136. The smallest absolute Gasteiger partial charge is 0.446 e. The maximum absolute atomic E-state index is 13.0. The SMILES string of the molecule is O=C(NCc1ccc(OCC2CO2)cc1)C(F)(F)S(=O)(=O)O. The molecule has 22 heavy (non-hydrogen) atoms. The number of benzene rings is 1. The number of carbonyl (C=O) groups is 1. The molecule has 0 saturated carbocycles. The van der Waals surface area contributed by atoms with E-state index in [1.54, 1.807) is 17.4 Å². The zero-order chi connectivity index (χ0) is 16.4. The Hall–Kier alpha value is -1.78. The van der Waals surface area contributed by atoms with Crippen molar-refractivity contribution in [2.75, 3.05) is 13.2 Å². The van der Waals surface area contributed by atoms with Crippen molar-refractivity contribution in [1.29, 1.82) is 0 Å². The Bertz CT molecular complexity index is 642. The molecular formula is C12H13F2NO6S. The van der Waals surface area contributed by atoms with Crippen LogP contribution in [0.25, 0.3) is 0 Å². The average Bonchev–Trinajstić information content (AvgIpc) is 3.26. The lowest BCUT2D eigenvalue weighted by Crippen LogP contribution is -2.45. The molecule has 1 unspecified atom stereocenters. The number of nitrogens with one attached hydrogen (secondary N) is 1. The highest BCUT2D eigenvalue weighted by molar-refractivity contribution is 7.87. The van der Waals surface area contributed by atoms with E-state index in [2.05, 4.69) is 0 Å². The lowest BCUT2D eigenvalue weighted by atomic mass is 10.2. The predicted octanol–water partition coefficient (Wildman–Crippen LogP) is 0.561. The van der Waals surface area contributed by atoms with Crippen LogP contribution in [0.3, 0.4) is 0 Å². The number of hydrogen-bond acceptors (Lipinski definition) is 5. The average molecular weight is 337 g/mol. The molecule has 10 heteroatoms. The maximum Gasteiger partial charge on any atom is 0.446 e. The largest absolute Gasteiger partial charge is 0.491 e. The molecule has 1 amide bonds. The number of epoxide rings is 1. The summed E-state index contributed by atoms with van der Waals surface area (Å²) >= 11 is 0. The van der Waals surface area contributed by atoms with Gasteiger partial charge in [-0.3, -0.25) is 9.35 Å². The number of rotatable bonds is 7. The molecule has 1 heterocycles. The first kappa shape index (κ1) is 16.6. The first-order valence-electron chi connectivity index (χ1n) is 6.16. The second-order valence-corrected chi connectivity index (χ2v) is 6.05. The van der Waals surface area contributed by atoms with Gasteiger partial charge >= 0.3 is 21.3 Å². The van der Waals surface area contributed by atoms with Crippen molar-refractivity contribution in [2.24, 2.45) is 0 Å². The minimum absolute atomic E-state index is 0.0987. The summed E-state index contributed by atoms with van der Waals surface area (Å²) in [7, 11) is -5.80. The molecule has 0 aliphatic carbocycles. The van der Waals surface area contributed by atoms with Crippen molar-refractivity contribution in [3.05, 3.63) is 29.8 Å². The third kappa shape index (κ3) is 4.12. The van der Waals surface area contributed by atoms with Crippen LogP contribution in [0, 0.1) is 0 Å². The number of alkyl halides is 2. The Morgan fingerprint density at radius 1 is 1.41 bits per heavy atom. The fourth-order valence-corrected chi connectivity index (χ4v) is 1.77. The van der Waals surface area contributed by atoms with E-state index < -0.39 is 21.3 Å². The highest BCUT2D eigenvalue weighted by Gasteiger charge is 2.52. The van der Waals surface area contributed by atoms with E-state index in [0.717, 1.165) is 0 Å². The molecule has 2 rings (SSSR count). The molecule has 0 aromatic heterocycles. The van der Waals surface area contributed by atoms with Crippen LogP contribution in [-0.2, 0) is 26.2 Å². The number of hydrogen-bond donors (Lipinski definition) is 2. The van der Waals surface area contributed by atoms with Crippen molar-refractivity contribution < 1.29 is 36.0 Å². The molecule has 1 aromatic carbocycles. The third-order valence-corrected chi connectivity index (χ3v) is 3.64. The first-order valence-corrected chi connectivity index (χ1v) is 7.60. The topological polar surface area (TPSA) is 105 Å². The van der Waals surface area contributed by atoms with Crippen LogP contribution in [0.1, 0.15) is 5.56 Å². The van der Waals surface area contributed by atoms with E-state index >= 15 is 0 Å². The predicted molar refractivity (Wildman–Crippen MR) is 70.0 cm³/mol. The molecule has 1 aromatic rings. The number of carbonyl (C=O) groups excluding carboxylic acids is 1. The van der Waals surface area contributed by atoms with Gasteiger partial charge in [0.1, 0.15) is 18.5 Å². The molecule has 1 atom stereocenters. The second-order valence-electron chi connectivity index (χ2n) is 4.58. The third-order valence-electron chi connectivity index (χ3n) is 2.80. The number of amides is 1. The van der Waals surface area contributed by atoms with Crippen molar-refractivity contribution in [1.82, 2.24) is 5.32 Å². The maximum atomic E-state index is 13.0. The molecule has 1 fully saturated rings. The van der Waals surface area contributed by atoms with Crippen molar-refractivity contribution in [2.45, 2.75) is 17.9 Å². The fourth-order valence-electron chi connectivity index (χ4n) is 1.46. The Balaban J connectivity index is 1.87. The Morgan fingerprint density at radius 3 is 2.50 bits per heavy atom. The van der Waals surface area contributed by atoms with Gasteiger partial charge in [0.2, 0.25) is 0 Å². The minimum Gasteiger partial charge on any atom is -0.491 e. The molecule has 2 N–H and O–H groups in total. The van der Waals surface area contributed by atoms with Gasteiger partial charge in [-0.15, -0.1) is 0 Å². The van der Waals surface area contributed by atoms with E-state index in [9.17, 15) is 22.0 Å². The summed E-state index contributed by atoms with van der Waals surface area (Å²) in [6.07, 6.45) is 0.0987. The number of halogens is 2. The molecule has 0 bridgehead atoms. The molecule has 1 aliphatic rings. The van der Waals surface area contributed by atoms with Gasteiger partial charge in [0.15, 0.2) is 0 Å². The van der Waals surface area contributed by atoms with Crippen molar-refractivity contribution in [3.8, 4) is 5.75 Å². The van der Waals surface area contributed by atoms with Crippen molar-refractivity contribution >= 4 is 16.0 Å². The van der Waals surface area contributed by atoms with Gasteiger partial charge in [-0.05, 0) is 17.7 Å². The minimum atomic E-state index is -5.80. The number of ether oxygens (including phenoxy) is 2. The van der Waals surface area contributed by atoms with Crippen molar-refractivity contribution in [3.63, 3.8) is 0 Å². The fraction of sp³-hybridized carbons (Fsp3) is 0.417. The van der Waals surface area contributed by atoms with E-state index in [0.29, 0.717) is 24.5 Å². The summed E-state index contributed by atoms with van der Waals surface area (Å²) in [5.41, 5.74) is 0.453. The van der Waals surface area contributed by atoms with Gasteiger partial charge in [-0.2, -0.15) is 17.2 Å². The summed E-state index contributed by atoms with van der Waals surface area (Å²) in [6, 6.07) is 6.19. The normalized spacial score (nSPS) is 17.9. The highest BCUT2D eigenvalue weighted by atomic mass is 32.2. The molecule has 1 saturated heterocycles. The Morgan fingerprint density at radius 2 is 2.00 bits per heavy atom. The summed E-state index contributed by atoms with van der Waals surface area (Å²) in [4.78, 5) is 11.1. The van der Waals surface area contributed by atoms with Gasteiger partial charge in [0.25, 0.3) is 0 Å². The highest BCUT2D eigenvalue weighted by Crippen LogP contribution is 2.21. The molecule has 122 valence electrons. The second kappa shape index (κ2) is 6.15. The zero-order valence-corrected chi connectivity index (χ0v) is 12.0. The van der Waals surface area contributed by atoms with Gasteiger partial charge in [0, 0.05) is 6.54 Å². The van der Waals surface area contributed by atoms with Gasteiger partial charge in [-0.25, -0.2) is 0 Å². The Labute approximate surface area is 125 Å². The van der Waals surface area contributed by atoms with Crippen LogP contribution >= 0.6 is 0 Å². The zero-order valence-electron chi connectivity index (χ0n) is 11.2.